The summed E-state index contributed by atoms with van der Waals surface area (Å²) in [5.74, 6) is -22.7. The SMILES string of the molecule is O=C1NC(=O)C(F)(F)C(F)(F)C1(F)F.[K].[K]. The molecule has 0 aliphatic carbocycles. The van der Waals surface area contributed by atoms with Crippen molar-refractivity contribution in [1.82, 2.24) is 5.32 Å². The van der Waals surface area contributed by atoms with Crippen LogP contribution in [0.3, 0.4) is 0 Å². The first-order chi connectivity index (χ1) is 6.05. The molecule has 0 aromatic rings. The smallest absolute Gasteiger partial charge is 0.285 e. The van der Waals surface area contributed by atoms with Crippen LogP contribution in [0.1, 0.15) is 0 Å². The molecule has 2 amide bonds. The predicted octanol–water partition coefficient (Wildman–Crippen LogP) is -0.213. The van der Waals surface area contributed by atoms with E-state index in [4.69, 9.17) is 0 Å². The number of hydrogen-bond donors (Lipinski definition) is 1. The van der Waals surface area contributed by atoms with Crippen molar-refractivity contribution in [3.05, 3.63) is 0 Å². The first kappa shape index (κ1) is 20.3. The molecule has 16 heavy (non-hydrogen) atoms. The van der Waals surface area contributed by atoms with Gasteiger partial charge >= 0.3 is 29.6 Å². The molecule has 1 rings (SSSR count). The van der Waals surface area contributed by atoms with E-state index in [0.29, 0.717) is 5.32 Å². The summed E-state index contributed by atoms with van der Waals surface area (Å²) in [4.78, 5) is 20.3. The summed E-state index contributed by atoms with van der Waals surface area (Å²) in [5, 5.41) is 0.458. The standard InChI is InChI=1S/C5HF6NO2.2K/c6-3(7)1(13)12-2(14)4(8,9)5(3,10)11;;/h(H,12,13,14);;. The third kappa shape index (κ3) is 2.77. The van der Waals surface area contributed by atoms with E-state index in [1.165, 1.54) is 0 Å². The fourth-order valence-corrected chi connectivity index (χ4v) is 0.742. The average molecular weight is 299 g/mol. The van der Waals surface area contributed by atoms with Crippen LogP contribution in [0.25, 0.3) is 0 Å². The van der Waals surface area contributed by atoms with Crippen LogP contribution in [-0.2, 0) is 9.59 Å². The summed E-state index contributed by atoms with van der Waals surface area (Å²) in [5.41, 5.74) is 0. The number of halogens is 6. The second-order valence-corrected chi connectivity index (χ2v) is 2.51. The van der Waals surface area contributed by atoms with Gasteiger partial charge in [0.15, 0.2) is 0 Å². The topological polar surface area (TPSA) is 46.2 Å². The molecule has 1 aliphatic heterocycles. The molecule has 1 N–H and O–H groups in total. The van der Waals surface area contributed by atoms with E-state index in [9.17, 15) is 35.9 Å². The number of hydrogen-bond acceptors (Lipinski definition) is 2. The van der Waals surface area contributed by atoms with Crippen molar-refractivity contribution in [2.45, 2.75) is 17.8 Å². The van der Waals surface area contributed by atoms with Gasteiger partial charge in [0.1, 0.15) is 0 Å². The molecule has 1 aliphatic rings. The second-order valence-electron chi connectivity index (χ2n) is 2.51. The van der Waals surface area contributed by atoms with Gasteiger partial charge in [-0.3, -0.25) is 14.9 Å². The molecular formula is C5HF6K2NO2. The van der Waals surface area contributed by atoms with E-state index in [1.54, 1.807) is 0 Å². The summed E-state index contributed by atoms with van der Waals surface area (Å²) in [6.07, 6.45) is 0. The van der Waals surface area contributed by atoms with Gasteiger partial charge in [0.2, 0.25) is 0 Å². The summed E-state index contributed by atoms with van der Waals surface area (Å²) in [6, 6.07) is 0. The Balaban J connectivity index is 0. The number of carbonyl (C=O) groups excluding carboxylic acids is 2. The van der Waals surface area contributed by atoms with Gasteiger partial charge in [-0.25, -0.2) is 0 Å². The van der Waals surface area contributed by atoms with Crippen LogP contribution in [0.4, 0.5) is 26.3 Å². The number of carbonyl (C=O) groups is 2. The van der Waals surface area contributed by atoms with Crippen LogP contribution < -0.4 is 5.32 Å². The predicted molar refractivity (Wildman–Crippen MR) is 39.5 cm³/mol. The van der Waals surface area contributed by atoms with Crippen LogP contribution in [0.15, 0.2) is 0 Å². The Bertz CT molecular complexity index is 292. The van der Waals surface area contributed by atoms with E-state index in [1.807, 2.05) is 0 Å². The Morgan fingerprint density at radius 1 is 0.750 bits per heavy atom. The molecule has 11 heteroatoms. The second kappa shape index (κ2) is 5.97. The third-order valence-corrected chi connectivity index (χ3v) is 1.59. The van der Waals surface area contributed by atoms with Crippen LogP contribution in [0.5, 0.6) is 0 Å². The number of alkyl halides is 6. The maximum absolute atomic E-state index is 12.3. The van der Waals surface area contributed by atoms with Gasteiger partial charge in [-0.2, -0.15) is 26.3 Å². The average Bonchev–Trinajstić information content (AvgIpc) is 2.01. The zero-order valence-electron chi connectivity index (χ0n) is 8.08. The molecule has 0 aromatic heterocycles. The minimum Gasteiger partial charge on any atom is -0.285 e. The van der Waals surface area contributed by atoms with Crippen molar-refractivity contribution >= 4 is 115 Å². The maximum Gasteiger partial charge on any atom is 0.393 e. The van der Waals surface area contributed by atoms with Gasteiger partial charge in [0.05, 0.1) is 0 Å². The third-order valence-electron chi connectivity index (χ3n) is 1.59. The molecule has 1 saturated heterocycles. The van der Waals surface area contributed by atoms with Gasteiger partial charge in [-0.1, -0.05) is 0 Å². The Hall–Kier alpha value is 1.99. The molecule has 0 spiro atoms. The molecule has 0 bridgehead atoms. The number of nitrogens with one attached hydrogen (secondary N) is 1. The van der Waals surface area contributed by atoms with Crippen LogP contribution >= 0.6 is 0 Å². The maximum atomic E-state index is 12.3. The van der Waals surface area contributed by atoms with E-state index in [0.717, 1.165) is 0 Å². The number of imide groups is 1. The van der Waals surface area contributed by atoms with Crippen molar-refractivity contribution in [2.24, 2.45) is 0 Å². The zero-order chi connectivity index (χ0) is 11.4. The van der Waals surface area contributed by atoms with E-state index >= 15 is 0 Å². The van der Waals surface area contributed by atoms with Crippen molar-refractivity contribution in [2.75, 3.05) is 0 Å². The molecule has 1 fully saturated rings. The fourth-order valence-electron chi connectivity index (χ4n) is 0.742. The molecule has 1 heterocycles. The summed E-state index contributed by atoms with van der Waals surface area (Å²) in [6.45, 7) is 0. The number of piperidine rings is 1. The Morgan fingerprint density at radius 2 is 1.00 bits per heavy atom. The molecule has 3 nitrogen and oxygen atoms in total. The number of amides is 2. The largest absolute Gasteiger partial charge is 0.393 e. The quantitative estimate of drug-likeness (QED) is 0.382. The van der Waals surface area contributed by atoms with Gasteiger partial charge < -0.3 is 0 Å². The van der Waals surface area contributed by atoms with Crippen molar-refractivity contribution in [3.63, 3.8) is 0 Å². The minimum absolute atomic E-state index is 0. The number of rotatable bonds is 0. The molecular weight excluding hydrogens is 298 g/mol. The van der Waals surface area contributed by atoms with Crippen LogP contribution in [0.2, 0.25) is 0 Å². The molecule has 0 unspecified atom stereocenters. The normalized spacial score (nSPS) is 24.9. The first-order valence-electron chi connectivity index (χ1n) is 3.04. The van der Waals surface area contributed by atoms with E-state index < -0.39 is 29.6 Å². The fraction of sp³-hybridized carbons (Fsp3) is 0.600. The van der Waals surface area contributed by atoms with Crippen LogP contribution in [-0.4, -0.2) is 132 Å². The van der Waals surface area contributed by atoms with Gasteiger partial charge in [-0.15, -0.1) is 0 Å². The van der Waals surface area contributed by atoms with Gasteiger partial charge in [-0.05, 0) is 0 Å². The van der Waals surface area contributed by atoms with Gasteiger partial charge in [0, 0.05) is 103 Å². The monoisotopic (exact) mass is 299 g/mol. The molecule has 0 atom stereocenters. The van der Waals surface area contributed by atoms with Gasteiger partial charge in [0.25, 0.3) is 0 Å². The molecule has 82 valence electrons. The first-order valence-corrected chi connectivity index (χ1v) is 3.04. The summed E-state index contributed by atoms with van der Waals surface area (Å²) >= 11 is 0. The molecule has 0 aromatic carbocycles. The molecule has 2 radical (unpaired) electrons. The summed E-state index contributed by atoms with van der Waals surface area (Å²) in [7, 11) is 0. The minimum atomic E-state index is -6.01. The van der Waals surface area contributed by atoms with Crippen LogP contribution in [0, 0.1) is 0 Å². The Kier molecular flexibility index (Phi) is 7.57. The molecule has 0 saturated carbocycles. The van der Waals surface area contributed by atoms with E-state index in [-0.39, 0.29) is 103 Å². The van der Waals surface area contributed by atoms with E-state index in [2.05, 4.69) is 0 Å². The Labute approximate surface area is 170 Å². The van der Waals surface area contributed by atoms with Crippen molar-refractivity contribution in [3.8, 4) is 0 Å². The summed E-state index contributed by atoms with van der Waals surface area (Å²) < 4.78 is 73.6. The zero-order valence-corrected chi connectivity index (χ0v) is 14.3. The van der Waals surface area contributed by atoms with Crippen molar-refractivity contribution in [1.29, 1.82) is 0 Å². The van der Waals surface area contributed by atoms with Crippen molar-refractivity contribution < 1.29 is 35.9 Å². The Morgan fingerprint density at radius 3 is 1.25 bits per heavy atom.